The van der Waals surface area contributed by atoms with E-state index >= 15 is 0 Å². The fourth-order valence-corrected chi connectivity index (χ4v) is 3.12. The predicted octanol–water partition coefficient (Wildman–Crippen LogP) is 4.92. The molecule has 0 aliphatic heterocycles. The van der Waals surface area contributed by atoms with E-state index in [1.807, 2.05) is 0 Å². The summed E-state index contributed by atoms with van der Waals surface area (Å²) < 4.78 is 35.0. The third-order valence-electron chi connectivity index (χ3n) is 4.62. The summed E-state index contributed by atoms with van der Waals surface area (Å²) in [5.41, 5.74) is 1.33. The normalized spacial score (nSPS) is 10.4. The highest BCUT2D eigenvalue weighted by atomic mass is 19.1. The molecular weight excluding hydrogens is 401 g/mol. The number of hydrogen-bond acceptors (Lipinski definition) is 5. The number of benzene rings is 3. The van der Waals surface area contributed by atoms with Crippen molar-refractivity contribution in [2.45, 2.75) is 6.54 Å². The van der Waals surface area contributed by atoms with Gasteiger partial charge in [0.15, 0.2) is 11.5 Å². The third kappa shape index (κ3) is 5.25. The molecule has 0 aliphatic rings. The highest BCUT2D eigenvalue weighted by Crippen LogP contribution is 2.38. The van der Waals surface area contributed by atoms with Crippen LogP contribution in [0.4, 0.5) is 4.39 Å². The number of carbonyl (C=O) groups excluding carboxylic acids is 1. The van der Waals surface area contributed by atoms with Crippen molar-refractivity contribution in [1.29, 1.82) is 0 Å². The van der Waals surface area contributed by atoms with E-state index in [0.717, 1.165) is 5.56 Å². The molecule has 0 heterocycles. The largest absolute Gasteiger partial charge is 0.493 e. The van der Waals surface area contributed by atoms with Gasteiger partial charge in [-0.25, -0.2) is 4.39 Å². The van der Waals surface area contributed by atoms with E-state index < -0.39 is 0 Å². The molecule has 0 N–H and O–H groups in total. The molecule has 0 spiro atoms. The van der Waals surface area contributed by atoms with Gasteiger partial charge in [0.25, 0.3) is 5.91 Å². The minimum atomic E-state index is -0.377. The van der Waals surface area contributed by atoms with Gasteiger partial charge in [-0.3, -0.25) is 4.79 Å². The standard InChI is InChI=1S/C24H24FNO5/c1-26(15-16-12-21(28-2)23(30-4)22(13-16)29-3)24(27)17-8-10-19(11-9-17)31-20-7-5-6-18(25)14-20/h5-14H,15H2,1-4H3. The lowest BCUT2D eigenvalue weighted by Gasteiger charge is -2.20. The third-order valence-corrected chi connectivity index (χ3v) is 4.62. The van der Waals surface area contributed by atoms with Crippen LogP contribution in [0.2, 0.25) is 0 Å². The molecule has 0 aliphatic carbocycles. The van der Waals surface area contributed by atoms with Crippen LogP contribution in [-0.4, -0.2) is 39.2 Å². The first-order valence-corrected chi connectivity index (χ1v) is 9.53. The maximum absolute atomic E-state index is 13.3. The number of carbonyl (C=O) groups is 1. The van der Waals surface area contributed by atoms with Crippen molar-refractivity contribution < 1.29 is 28.1 Å². The zero-order chi connectivity index (χ0) is 22.4. The van der Waals surface area contributed by atoms with Crippen LogP contribution in [0, 0.1) is 5.82 Å². The number of nitrogens with zero attached hydrogens (tertiary/aromatic N) is 1. The fraction of sp³-hybridized carbons (Fsp3) is 0.208. The van der Waals surface area contributed by atoms with Gasteiger partial charge in [0.05, 0.1) is 21.3 Å². The summed E-state index contributed by atoms with van der Waals surface area (Å²) in [5, 5.41) is 0. The summed E-state index contributed by atoms with van der Waals surface area (Å²) >= 11 is 0. The number of methoxy groups -OCH3 is 3. The molecule has 0 radical (unpaired) electrons. The van der Waals surface area contributed by atoms with E-state index in [-0.39, 0.29) is 11.7 Å². The summed E-state index contributed by atoms with van der Waals surface area (Å²) in [6.45, 7) is 0.344. The Kier molecular flexibility index (Phi) is 6.97. The van der Waals surface area contributed by atoms with Crippen LogP contribution in [0.3, 0.4) is 0 Å². The molecule has 3 rings (SSSR count). The van der Waals surface area contributed by atoms with Crippen molar-refractivity contribution in [3.8, 4) is 28.7 Å². The summed E-state index contributed by atoms with van der Waals surface area (Å²) in [7, 11) is 6.34. The Labute approximate surface area is 180 Å². The molecule has 162 valence electrons. The minimum absolute atomic E-state index is 0.161. The molecule has 0 fully saturated rings. The summed E-state index contributed by atoms with van der Waals surface area (Å²) in [5.74, 6) is 1.90. The second-order valence-corrected chi connectivity index (χ2v) is 6.78. The first-order chi connectivity index (χ1) is 14.9. The molecule has 7 heteroatoms. The second-order valence-electron chi connectivity index (χ2n) is 6.78. The Morgan fingerprint density at radius 3 is 2.06 bits per heavy atom. The number of rotatable bonds is 8. The van der Waals surface area contributed by atoms with E-state index in [1.165, 1.54) is 19.2 Å². The summed E-state index contributed by atoms with van der Waals surface area (Å²) in [6.07, 6.45) is 0. The molecule has 0 bridgehead atoms. The monoisotopic (exact) mass is 425 g/mol. The second kappa shape index (κ2) is 9.84. The van der Waals surface area contributed by atoms with E-state index in [9.17, 15) is 9.18 Å². The Morgan fingerprint density at radius 2 is 1.52 bits per heavy atom. The number of ether oxygens (including phenoxy) is 4. The molecule has 0 aromatic heterocycles. The van der Waals surface area contributed by atoms with Crippen LogP contribution < -0.4 is 18.9 Å². The highest BCUT2D eigenvalue weighted by Gasteiger charge is 2.17. The molecule has 6 nitrogen and oxygen atoms in total. The van der Waals surface area contributed by atoms with Gasteiger partial charge in [0, 0.05) is 25.2 Å². The Bertz CT molecular complexity index is 1030. The average Bonchev–Trinajstić information content (AvgIpc) is 2.78. The zero-order valence-electron chi connectivity index (χ0n) is 17.8. The molecule has 1 amide bonds. The van der Waals surface area contributed by atoms with Gasteiger partial charge in [-0.1, -0.05) is 6.07 Å². The molecule has 0 saturated carbocycles. The van der Waals surface area contributed by atoms with Crippen molar-refractivity contribution in [2.75, 3.05) is 28.4 Å². The lowest BCUT2D eigenvalue weighted by molar-refractivity contribution is 0.0785. The van der Waals surface area contributed by atoms with Crippen molar-refractivity contribution >= 4 is 5.91 Å². The number of amides is 1. The van der Waals surface area contributed by atoms with E-state index in [1.54, 1.807) is 74.7 Å². The first kappa shape index (κ1) is 22.0. The van der Waals surface area contributed by atoms with Gasteiger partial charge >= 0.3 is 0 Å². The fourth-order valence-electron chi connectivity index (χ4n) is 3.12. The van der Waals surface area contributed by atoms with E-state index in [0.29, 0.717) is 40.9 Å². The maximum atomic E-state index is 13.3. The van der Waals surface area contributed by atoms with Crippen molar-refractivity contribution in [1.82, 2.24) is 4.90 Å². The maximum Gasteiger partial charge on any atom is 0.253 e. The summed E-state index contributed by atoms with van der Waals surface area (Å²) in [6, 6.07) is 16.2. The topological polar surface area (TPSA) is 57.2 Å². The van der Waals surface area contributed by atoms with Crippen LogP contribution in [0.1, 0.15) is 15.9 Å². The van der Waals surface area contributed by atoms with Crippen LogP contribution in [-0.2, 0) is 6.54 Å². The average molecular weight is 425 g/mol. The van der Waals surface area contributed by atoms with Crippen LogP contribution in [0.5, 0.6) is 28.7 Å². The van der Waals surface area contributed by atoms with Gasteiger partial charge in [-0.05, 0) is 54.1 Å². The molecule has 31 heavy (non-hydrogen) atoms. The van der Waals surface area contributed by atoms with Crippen molar-refractivity contribution in [3.63, 3.8) is 0 Å². The van der Waals surface area contributed by atoms with Gasteiger partial charge in [-0.15, -0.1) is 0 Å². The van der Waals surface area contributed by atoms with Crippen molar-refractivity contribution in [2.24, 2.45) is 0 Å². The Balaban J connectivity index is 1.71. The lowest BCUT2D eigenvalue weighted by Crippen LogP contribution is -2.26. The smallest absolute Gasteiger partial charge is 0.253 e. The van der Waals surface area contributed by atoms with Gasteiger partial charge < -0.3 is 23.8 Å². The van der Waals surface area contributed by atoms with Gasteiger partial charge in [-0.2, -0.15) is 0 Å². The van der Waals surface area contributed by atoms with Crippen LogP contribution in [0.15, 0.2) is 60.7 Å². The van der Waals surface area contributed by atoms with E-state index in [4.69, 9.17) is 18.9 Å². The molecular formula is C24H24FNO5. The molecule has 0 unspecified atom stereocenters. The molecule has 3 aromatic rings. The number of hydrogen-bond donors (Lipinski definition) is 0. The first-order valence-electron chi connectivity index (χ1n) is 9.53. The molecule has 0 atom stereocenters. The van der Waals surface area contributed by atoms with Crippen LogP contribution in [0.25, 0.3) is 0 Å². The quantitative estimate of drug-likeness (QED) is 0.513. The SMILES string of the molecule is COc1cc(CN(C)C(=O)c2ccc(Oc3cccc(F)c3)cc2)cc(OC)c1OC. The highest BCUT2D eigenvalue weighted by molar-refractivity contribution is 5.94. The Morgan fingerprint density at radius 1 is 0.871 bits per heavy atom. The van der Waals surface area contributed by atoms with Gasteiger partial charge in [0.2, 0.25) is 5.75 Å². The van der Waals surface area contributed by atoms with Crippen molar-refractivity contribution in [3.05, 3.63) is 77.6 Å². The van der Waals surface area contributed by atoms with Gasteiger partial charge in [0.1, 0.15) is 17.3 Å². The van der Waals surface area contributed by atoms with E-state index in [2.05, 4.69) is 0 Å². The summed E-state index contributed by atoms with van der Waals surface area (Å²) in [4.78, 5) is 14.4. The van der Waals surface area contributed by atoms with Crippen LogP contribution >= 0.6 is 0 Å². The molecule has 3 aromatic carbocycles. The zero-order valence-corrected chi connectivity index (χ0v) is 17.8. The Hall–Kier alpha value is -3.74. The minimum Gasteiger partial charge on any atom is -0.493 e. The lowest BCUT2D eigenvalue weighted by atomic mass is 10.1. The molecule has 0 saturated heterocycles. The number of halogens is 1. The predicted molar refractivity (Wildman–Crippen MR) is 115 cm³/mol.